The first kappa shape index (κ1) is 16.4. The van der Waals surface area contributed by atoms with Crippen LogP contribution in [-0.2, 0) is 11.2 Å². The highest BCUT2D eigenvalue weighted by atomic mass is 32.1. The first-order valence-corrected chi connectivity index (χ1v) is 7.13. The minimum atomic E-state index is -4.26. The standard InChI is InChI=1S/C12H19F3N2OS/c1-2-3-9(6-16)10-7-19-11(17-10)4-5-18-8-12(13,14)15/h7,9H,2-6,8,16H2,1H3. The van der Waals surface area contributed by atoms with E-state index in [1.54, 1.807) is 0 Å². The molecule has 3 nitrogen and oxygen atoms in total. The summed E-state index contributed by atoms with van der Waals surface area (Å²) in [5, 5.41) is 2.73. The summed E-state index contributed by atoms with van der Waals surface area (Å²) in [6, 6.07) is 0. The van der Waals surface area contributed by atoms with E-state index in [1.807, 2.05) is 5.38 Å². The summed E-state index contributed by atoms with van der Waals surface area (Å²) in [6.45, 7) is 1.46. The molecule has 0 saturated heterocycles. The number of hydrogen-bond donors (Lipinski definition) is 1. The zero-order valence-electron chi connectivity index (χ0n) is 10.9. The predicted octanol–water partition coefficient (Wildman–Crippen LogP) is 3.11. The van der Waals surface area contributed by atoms with Crippen molar-refractivity contribution in [2.24, 2.45) is 5.73 Å². The van der Waals surface area contributed by atoms with Gasteiger partial charge in [-0.15, -0.1) is 11.3 Å². The molecule has 1 aromatic heterocycles. The molecule has 0 spiro atoms. The van der Waals surface area contributed by atoms with Crippen LogP contribution in [-0.4, -0.2) is 30.9 Å². The van der Waals surface area contributed by atoms with Gasteiger partial charge in [-0.3, -0.25) is 0 Å². The van der Waals surface area contributed by atoms with Crippen molar-refractivity contribution in [2.75, 3.05) is 19.8 Å². The highest BCUT2D eigenvalue weighted by Gasteiger charge is 2.27. The molecule has 2 N–H and O–H groups in total. The molecule has 1 atom stereocenters. The molecule has 0 radical (unpaired) electrons. The van der Waals surface area contributed by atoms with E-state index in [4.69, 9.17) is 5.73 Å². The van der Waals surface area contributed by atoms with Crippen molar-refractivity contribution in [1.29, 1.82) is 0 Å². The molecule has 1 rings (SSSR count). The molecule has 0 aliphatic carbocycles. The topological polar surface area (TPSA) is 48.1 Å². The van der Waals surface area contributed by atoms with E-state index in [9.17, 15) is 13.2 Å². The lowest BCUT2D eigenvalue weighted by Crippen LogP contribution is -2.18. The number of nitrogens with two attached hydrogens (primary N) is 1. The van der Waals surface area contributed by atoms with Crippen LogP contribution in [0.1, 0.15) is 36.4 Å². The Kier molecular flexibility index (Phi) is 6.74. The maximum Gasteiger partial charge on any atom is 0.411 e. The van der Waals surface area contributed by atoms with E-state index in [0.29, 0.717) is 13.0 Å². The molecule has 7 heteroatoms. The largest absolute Gasteiger partial charge is 0.411 e. The van der Waals surface area contributed by atoms with Crippen molar-refractivity contribution >= 4 is 11.3 Å². The van der Waals surface area contributed by atoms with Crippen molar-refractivity contribution < 1.29 is 17.9 Å². The monoisotopic (exact) mass is 296 g/mol. The minimum absolute atomic E-state index is 0.0353. The van der Waals surface area contributed by atoms with Gasteiger partial charge in [0.25, 0.3) is 0 Å². The summed E-state index contributed by atoms with van der Waals surface area (Å²) in [6.07, 6.45) is -1.85. The smallest absolute Gasteiger partial charge is 0.372 e. The van der Waals surface area contributed by atoms with Crippen molar-refractivity contribution in [2.45, 2.75) is 38.3 Å². The summed E-state index contributed by atoms with van der Waals surface area (Å²) >= 11 is 1.45. The fraction of sp³-hybridized carbons (Fsp3) is 0.750. The molecule has 1 unspecified atom stereocenters. The van der Waals surface area contributed by atoms with Gasteiger partial charge in [0.05, 0.1) is 17.3 Å². The number of rotatable bonds is 8. The SMILES string of the molecule is CCCC(CN)c1csc(CCOCC(F)(F)F)n1. The Morgan fingerprint density at radius 2 is 2.21 bits per heavy atom. The molecule has 0 fully saturated rings. The fourth-order valence-corrected chi connectivity index (χ4v) is 2.57. The fourth-order valence-electron chi connectivity index (χ4n) is 1.71. The lowest BCUT2D eigenvalue weighted by molar-refractivity contribution is -0.173. The quantitative estimate of drug-likeness (QED) is 0.750. The molecule has 110 valence electrons. The normalized spacial score (nSPS) is 13.7. The van der Waals surface area contributed by atoms with Gasteiger partial charge in [0.15, 0.2) is 0 Å². The highest BCUT2D eigenvalue weighted by molar-refractivity contribution is 7.09. The molecule has 0 amide bonds. The first-order chi connectivity index (χ1) is 8.96. The lowest BCUT2D eigenvalue weighted by atomic mass is 10.0. The van der Waals surface area contributed by atoms with Gasteiger partial charge >= 0.3 is 6.18 Å². The molecule has 19 heavy (non-hydrogen) atoms. The van der Waals surface area contributed by atoms with Crippen LogP contribution in [0, 0.1) is 0 Å². The Balaban J connectivity index is 2.38. The van der Waals surface area contributed by atoms with E-state index < -0.39 is 12.8 Å². The molecule has 0 aliphatic rings. The molecule has 0 saturated carbocycles. The molecule has 0 aliphatic heterocycles. The van der Waals surface area contributed by atoms with Gasteiger partial charge < -0.3 is 10.5 Å². The van der Waals surface area contributed by atoms with Crippen LogP contribution < -0.4 is 5.73 Å². The second-order valence-electron chi connectivity index (χ2n) is 4.31. The van der Waals surface area contributed by atoms with Crippen LogP contribution in [0.2, 0.25) is 0 Å². The number of aromatic nitrogens is 1. The Bertz CT molecular complexity index is 368. The van der Waals surface area contributed by atoms with Crippen LogP contribution in [0.4, 0.5) is 13.2 Å². The average Bonchev–Trinajstić information content (AvgIpc) is 2.79. The van der Waals surface area contributed by atoms with Gasteiger partial charge in [-0.2, -0.15) is 13.2 Å². The Morgan fingerprint density at radius 3 is 2.79 bits per heavy atom. The molecule has 0 aromatic carbocycles. The van der Waals surface area contributed by atoms with Gasteiger partial charge in [-0.1, -0.05) is 13.3 Å². The Labute approximate surface area is 115 Å². The Hall–Kier alpha value is -0.660. The number of thiazole rings is 1. The van der Waals surface area contributed by atoms with Gasteiger partial charge in [-0.25, -0.2) is 4.98 Å². The highest BCUT2D eigenvalue weighted by Crippen LogP contribution is 2.22. The average molecular weight is 296 g/mol. The maximum atomic E-state index is 11.9. The molecule has 0 bridgehead atoms. The van der Waals surface area contributed by atoms with Crippen LogP contribution in [0.25, 0.3) is 0 Å². The van der Waals surface area contributed by atoms with Crippen molar-refractivity contribution in [3.05, 3.63) is 16.1 Å². The van der Waals surface area contributed by atoms with Gasteiger partial charge in [0.1, 0.15) is 6.61 Å². The minimum Gasteiger partial charge on any atom is -0.372 e. The number of alkyl halides is 3. The lowest BCUT2D eigenvalue weighted by Gasteiger charge is -2.10. The van der Waals surface area contributed by atoms with Gasteiger partial charge in [-0.05, 0) is 6.42 Å². The van der Waals surface area contributed by atoms with Crippen molar-refractivity contribution in [1.82, 2.24) is 4.98 Å². The van der Waals surface area contributed by atoms with E-state index in [2.05, 4.69) is 16.6 Å². The molecule has 1 heterocycles. The second-order valence-corrected chi connectivity index (χ2v) is 5.25. The van der Waals surface area contributed by atoms with Gasteiger partial charge in [0.2, 0.25) is 0 Å². The zero-order chi connectivity index (χ0) is 14.3. The van der Waals surface area contributed by atoms with E-state index in [1.165, 1.54) is 11.3 Å². The molecular weight excluding hydrogens is 277 g/mol. The summed E-state index contributed by atoms with van der Waals surface area (Å²) in [4.78, 5) is 4.41. The number of nitrogens with zero attached hydrogens (tertiary/aromatic N) is 1. The van der Waals surface area contributed by atoms with Crippen LogP contribution in [0.15, 0.2) is 5.38 Å². The number of hydrogen-bond acceptors (Lipinski definition) is 4. The number of halogens is 3. The summed E-state index contributed by atoms with van der Waals surface area (Å²) in [5.41, 5.74) is 6.63. The van der Waals surface area contributed by atoms with Gasteiger partial charge in [0, 0.05) is 24.3 Å². The zero-order valence-corrected chi connectivity index (χ0v) is 11.7. The summed E-state index contributed by atoms with van der Waals surface area (Å²) in [7, 11) is 0. The van der Waals surface area contributed by atoms with Crippen LogP contribution >= 0.6 is 11.3 Å². The second kappa shape index (κ2) is 7.81. The summed E-state index contributed by atoms with van der Waals surface area (Å²) in [5.74, 6) is 0.242. The third-order valence-electron chi connectivity index (χ3n) is 2.64. The molecule has 1 aromatic rings. The Morgan fingerprint density at radius 1 is 1.47 bits per heavy atom. The van der Waals surface area contributed by atoms with Crippen molar-refractivity contribution in [3.8, 4) is 0 Å². The molecular formula is C12H19F3N2OS. The predicted molar refractivity (Wildman–Crippen MR) is 69.4 cm³/mol. The van der Waals surface area contributed by atoms with Crippen LogP contribution in [0.3, 0.4) is 0 Å². The van der Waals surface area contributed by atoms with Crippen molar-refractivity contribution in [3.63, 3.8) is 0 Å². The first-order valence-electron chi connectivity index (χ1n) is 6.25. The van der Waals surface area contributed by atoms with E-state index >= 15 is 0 Å². The van der Waals surface area contributed by atoms with Crippen LogP contribution in [0.5, 0.6) is 0 Å². The third kappa shape index (κ3) is 6.35. The maximum absolute atomic E-state index is 11.9. The number of ether oxygens (including phenoxy) is 1. The van der Waals surface area contributed by atoms with E-state index in [-0.39, 0.29) is 12.5 Å². The summed E-state index contributed by atoms with van der Waals surface area (Å²) < 4.78 is 40.2. The van der Waals surface area contributed by atoms with E-state index in [0.717, 1.165) is 23.5 Å². The third-order valence-corrected chi connectivity index (χ3v) is 3.56.